The highest BCUT2D eigenvalue weighted by Gasteiger charge is 2.36. The Morgan fingerprint density at radius 2 is 1.81 bits per heavy atom. The summed E-state index contributed by atoms with van der Waals surface area (Å²) in [6.07, 6.45) is 9.54. The Labute approximate surface area is 98.4 Å². The van der Waals surface area contributed by atoms with Gasteiger partial charge in [0.15, 0.2) is 0 Å². The van der Waals surface area contributed by atoms with Crippen LogP contribution in [0.2, 0.25) is 0 Å². The van der Waals surface area contributed by atoms with Crippen molar-refractivity contribution in [3.63, 3.8) is 0 Å². The maximum atomic E-state index is 14.2. The van der Waals surface area contributed by atoms with Crippen molar-refractivity contribution in [2.75, 3.05) is 19.6 Å². The molecule has 0 aromatic heterocycles. The molecule has 0 aromatic carbocycles. The second-order valence-corrected chi connectivity index (χ2v) is 5.57. The Morgan fingerprint density at radius 1 is 1.12 bits per heavy atom. The van der Waals surface area contributed by atoms with E-state index in [0.29, 0.717) is 19.0 Å². The summed E-state index contributed by atoms with van der Waals surface area (Å²) in [5.41, 5.74) is 4.45. The lowest BCUT2D eigenvalue weighted by atomic mass is 9.92. The van der Waals surface area contributed by atoms with Gasteiger partial charge in [-0.1, -0.05) is 25.7 Å². The summed E-state index contributed by atoms with van der Waals surface area (Å²) in [5.74, 6) is 0. The molecule has 0 spiro atoms. The van der Waals surface area contributed by atoms with Gasteiger partial charge in [-0.3, -0.25) is 4.90 Å². The molecule has 1 aliphatic heterocycles. The van der Waals surface area contributed by atoms with E-state index >= 15 is 0 Å². The molecule has 2 N–H and O–H groups in total. The van der Waals surface area contributed by atoms with Crippen LogP contribution in [0.25, 0.3) is 0 Å². The summed E-state index contributed by atoms with van der Waals surface area (Å²) < 4.78 is 14.2. The van der Waals surface area contributed by atoms with Crippen LogP contribution in [-0.4, -0.2) is 36.2 Å². The van der Waals surface area contributed by atoms with Gasteiger partial charge in [-0.05, 0) is 32.2 Å². The summed E-state index contributed by atoms with van der Waals surface area (Å²) in [6, 6.07) is 0.629. The molecule has 0 amide bonds. The third-order valence-electron chi connectivity index (χ3n) is 4.26. The molecule has 2 aliphatic rings. The molecular formula is C13H25FN2. The largest absolute Gasteiger partial charge is 0.327 e. The van der Waals surface area contributed by atoms with Gasteiger partial charge in [0.05, 0.1) is 0 Å². The van der Waals surface area contributed by atoms with Gasteiger partial charge >= 0.3 is 0 Å². The zero-order valence-corrected chi connectivity index (χ0v) is 10.3. The number of alkyl halides is 1. The molecule has 1 unspecified atom stereocenters. The molecule has 94 valence electrons. The van der Waals surface area contributed by atoms with Crippen molar-refractivity contribution in [3.8, 4) is 0 Å². The quantitative estimate of drug-likeness (QED) is 0.736. The zero-order valence-electron chi connectivity index (χ0n) is 10.3. The SMILES string of the molecule is NCC1(F)CCCN(C2CCCCCC2)C1. The lowest BCUT2D eigenvalue weighted by Gasteiger charge is -2.41. The smallest absolute Gasteiger partial charge is 0.135 e. The predicted molar refractivity (Wildman–Crippen MR) is 65.2 cm³/mol. The summed E-state index contributed by atoms with van der Waals surface area (Å²) in [6.45, 7) is 1.85. The maximum Gasteiger partial charge on any atom is 0.135 e. The van der Waals surface area contributed by atoms with Crippen LogP contribution in [0.3, 0.4) is 0 Å². The average molecular weight is 228 g/mol. The molecule has 2 rings (SSSR count). The Bertz CT molecular complexity index is 214. The van der Waals surface area contributed by atoms with Crippen LogP contribution in [0.5, 0.6) is 0 Å². The van der Waals surface area contributed by atoms with Crippen LogP contribution in [0.15, 0.2) is 0 Å². The third-order valence-corrected chi connectivity index (χ3v) is 4.26. The molecule has 3 heteroatoms. The fourth-order valence-electron chi connectivity index (χ4n) is 3.22. The van der Waals surface area contributed by atoms with Gasteiger partial charge in [0, 0.05) is 19.1 Å². The summed E-state index contributed by atoms with van der Waals surface area (Å²) in [7, 11) is 0. The Kier molecular flexibility index (Phi) is 4.20. The fraction of sp³-hybridized carbons (Fsp3) is 1.00. The number of hydrogen-bond acceptors (Lipinski definition) is 2. The molecule has 1 atom stereocenters. The van der Waals surface area contributed by atoms with E-state index in [1.165, 1.54) is 38.5 Å². The van der Waals surface area contributed by atoms with E-state index in [-0.39, 0.29) is 6.54 Å². The first-order chi connectivity index (χ1) is 7.73. The normalized spacial score (nSPS) is 34.9. The van der Waals surface area contributed by atoms with E-state index in [0.717, 1.165) is 13.0 Å². The van der Waals surface area contributed by atoms with Crippen molar-refractivity contribution in [1.29, 1.82) is 0 Å². The first kappa shape index (κ1) is 12.3. The molecule has 1 heterocycles. The van der Waals surface area contributed by atoms with E-state index in [9.17, 15) is 4.39 Å². The number of nitrogens with two attached hydrogens (primary N) is 1. The second-order valence-electron chi connectivity index (χ2n) is 5.57. The third kappa shape index (κ3) is 2.95. The molecule has 1 saturated carbocycles. The summed E-state index contributed by atoms with van der Waals surface area (Å²) in [5, 5.41) is 0. The van der Waals surface area contributed by atoms with Gasteiger partial charge < -0.3 is 5.73 Å². The van der Waals surface area contributed by atoms with Crippen LogP contribution < -0.4 is 5.73 Å². The number of hydrogen-bond donors (Lipinski definition) is 1. The predicted octanol–water partition coefficient (Wildman–Crippen LogP) is 2.47. The number of piperidine rings is 1. The molecular weight excluding hydrogens is 203 g/mol. The maximum absolute atomic E-state index is 14.2. The highest BCUT2D eigenvalue weighted by Crippen LogP contribution is 2.29. The van der Waals surface area contributed by atoms with Crippen molar-refractivity contribution < 1.29 is 4.39 Å². The summed E-state index contributed by atoms with van der Waals surface area (Å²) >= 11 is 0. The van der Waals surface area contributed by atoms with Gasteiger partial charge in [0.25, 0.3) is 0 Å². The van der Waals surface area contributed by atoms with Gasteiger partial charge in [-0.15, -0.1) is 0 Å². The highest BCUT2D eigenvalue weighted by molar-refractivity contribution is 4.91. The fourth-order valence-corrected chi connectivity index (χ4v) is 3.22. The van der Waals surface area contributed by atoms with Crippen molar-refractivity contribution in [2.24, 2.45) is 5.73 Å². The Hall–Kier alpha value is -0.150. The van der Waals surface area contributed by atoms with Gasteiger partial charge in [-0.25, -0.2) is 4.39 Å². The number of rotatable bonds is 2. The molecule has 0 bridgehead atoms. The number of halogens is 1. The highest BCUT2D eigenvalue weighted by atomic mass is 19.1. The Morgan fingerprint density at radius 3 is 2.44 bits per heavy atom. The van der Waals surface area contributed by atoms with Crippen LogP contribution in [-0.2, 0) is 0 Å². The standard InChI is InChI=1S/C13H25FN2/c14-13(10-15)8-5-9-16(11-13)12-6-3-1-2-4-7-12/h12H,1-11,15H2. The van der Waals surface area contributed by atoms with Crippen LogP contribution >= 0.6 is 0 Å². The Balaban J connectivity index is 1.92. The van der Waals surface area contributed by atoms with Crippen molar-refractivity contribution in [1.82, 2.24) is 4.90 Å². The first-order valence-corrected chi connectivity index (χ1v) is 6.87. The van der Waals surface area contributed by atoms with E-state index in [1.54, 1.807) is 0 Å². The van der Waals surface area contributed by atoms with Crippen molar-refractivity contribution in [2.45, 2.75) is 63.1 Å². The van der Waals surface area contributed by atoms with Crippen LogP contribution in [0.1, 0.15) is 51.4 Å². The minimum Gasteiger partial charge on any atom is -0.327 e. The molecule has 2 fully saturated rings. The molecule has 16 heavy (non-hydrogen) atoms. The van der Waals surface area contributed by atoms with E-state index in [4.69, 9.17) is 5.73 Å². The monoisotopic (exact) mass is 228 g/mol. The number of likely N-dealkylation sites (tertiary alicyclic amines) is 1. The minimum absolute atomic E-state index is 0.191. The van der Waals surface area contributed by atoms with Crippen LogP contribution in [0.4, 0.5) is 4.39 Å². The van der Waals surface area contributed by atoms with Gasteiger partial charge in [0.1, 0.15) is 5.67 Å². The molecule has 0 radical (unpaired) electrons. The summed E-state index contributed by atoms with van der Waals surface area (Å²) in [4.78, 5) is 2.38. The van der Waals surface area contributed by atoms with E-state index < -0.39 is 5.67 Å². The van der Waals surface area contributed by atoms with Gasteiger partial charge in [0.2, 0.25) is 0 Å². The number of nitrogens with zero attached hydrogens (tertiary/aromatic N) is 1. The van der Waals surface area contributed by atoms with Gasteiger partial charge in [-0.2, -0.15) is 0 Å². The van der Waals surface area contributed by atoms with E-state index in [2.05, 4.69) is 4.90 Å². The molecule has 2 nitrogen and oxygen atoms in total. The second kappa shape index (κ2) is 5.46. The van der Waals surface area contributed by atoms with Crippen LogP contribution in [0, 0.1) is 0 Å². The molecule has 0 aromatic rings. The first-order valence-electron chi connectivity index (χ1n) is 6.87. The van der Waals surface area contributed by atoms with E-state index in [1.807, 2.05) is 0 Å². The average Bonchev–Trinajstić information content (AvgIpc) is 2.58. The molecule has 1 saturated heterocycles. The topological polar surface area (TPSA) is 29.3 Å². The molecule has 1 aliphatic carbocycles. The van der Waals surface area contributed by atoms with Crippen molar-refractivity contribution >= 4 is 0 Å². The lowest BCUT2D eigenvalue weighted by molar-refractivity contribution is 0.0243. The zero-order chi connectivity index (χ0) is 11.4. The lowest BCUT2D eigenvalue weighted by Crippen LogP contribution is -2.52. The van der Waals surface area contributed by atoms with Crippen molar-refractivity contribution in [3.05, 3.63) is 0 Å². The minimum atomic E-state index is -1.11.